The van der Waals surface area contributed by atoms with Crippen molar-refractivity contribution < 1.29 is 15.0 Å². The van der Waals surface area contributed by atoms with Crippen molar-refractivity contribution in [1.29, 1.82) is 5.26 Å². The fourth-order valence-electron chi connectivity index (χ4n) is 1.68. The standard InChI is InChI=1S/C16H12N2O3/c17-10-12(9-11-5-1-3-7-14(11)19)16(21)18-13-6-2-4-8-15(13)20/h1-9,19-20H,(H,18,21). The molecule has 3 N–H and O–H groups in total. The molecule has 0 aromatic heterocycles. The van der Waals surface area contributed by atoms with Crippen LogP contribution in [0, 0.1) is 11.3 Å². The number of phenolic OH excluding ortho intramolecular Hbond substituents is 2. The molecule has 0 bridgehead atoms. The molecule has 0 unspecified atom stereocenters. The van der Waals surface area contributed by atoms with Crippen LogP contribution in [0.15, 0.2) is 54.1 Å². The highest BCUT2D eigenvalue weighted by molar-refractivity contribution is 6.10. The monoisotopic (exact) mass is 280 g/mol. The average Bonchev–Trinajstić information content (AvgIpc) is 2.48. The zero-order chi connectivity index (χ0) is 15.2. The third-order valence-corrected chi connectivity index (χ3v) is 2.75. The van der Waals surface area contributed by atoms with Crippen molar-refractivity contribution in [1.82, 2.24) is 0 Å². The van der Waals surface area contributed by atoms with E-state index in [2.05, 4.69) is 5.32 Å². The average molecular weight is 280 g/mol. The first-order valence-corrected chi connectivity index (χ1v) is 6.11. The Labute approximate surface area is 121 Å². The van der Waals surface area contributed by atoms with Crippen LogP contribution in [-0.4, -0.2) is 16.1 Å². The molecule has 0 spiro atoms. The minimum absolute atomic E-state index is 0.0272. The van der Waals surface area contributed by atoms with Crippen LogP contribution in [0.3, 0.4) is 0 Å². The van der Waals surface area contributed by atoms with Crippen LogP contribution in [0.1, 0.15) is 5.56 Å². The van der Waals surface area contributed by atoms with Gasteiger partial charge in [0.2, 0.25) is 0 Å². The number of para-hydroxylation sites is 3. The van der Waals surface area contributed by atoms with Gasteiger partial charge >= 0.3 is 0 Å². The molecule has 0 aliphatic heterocycles. The maximum absolute atomic E-state index is 12.0. The smallest absolute Gasteiger partial charge is 0.266 e. The lowest BCUT2D eigenvalue weighted by atomic mass is 10.1. The third-order valence-electron chi connectivity index (χ3n) is 2.75. The van der Waals surface area contributed by atoms with Crippen molar-refractivity contribution in [3.8, 4) is 17.6 Å². The minimum Gasteiger partial charge on any atom is -0.507 e. The first-order chi connectivity index (χ1) is 10.1. The molecule has 104 valence electrons. The first-order valence-electron chi connectivity index (χ1n) is 6.11. The van der Waals surface area contributed by atoms with Gasteiger partial charge in [0, 0.05) is 5.56 Å². The van der Waals surface area contributed by atoms with Crippen molar-refractivity contribution in [2.24, 2.45) is 0 Å². The Balaban J connectivity index is 2.26. The summed E-state index contributed by atoms with van der Waals surface area (Å²) < 4.78 is 0. The maximum atomic E-state index is 12.0. The summed E-state index contributed by atoms with van der Waals surface area (Å²) >= 11 is 0. The summed E-state index contributed by atoms with van der Waals surface area (Å²) in [6.07, 6.45) is 1.28. The molecule has 21 heavy (non-hydrogen) atoms. The van der Waals surface area contributed by atoms with Crippen LogP contribution in [0.5, 0.6) is 11.5 Å². The fourth-order valence-corrected chi connectivity index (χ4v) is 1.68. The lowest BCUT2D eigenvalue weighted by Crippen LogP contribution is -2.13. The Morgan fingerprint density at radius 3 is 2.29 bits per heavy atom. The summed E-state index contributed by atoms with van der Waals surface area (Å²) in [5, 5.41) is 30.7. The molecule has 0 aliphatic carbocycles. The number of carbonyl (C=O) groups excluding carboxylic acids is 1. The molecule has 0 radical (unpaired) electrons. The van der Waals surface area contributed by atoms with E-state index in [4.69, 9.17) is 5.26 Å². The zero-order valence-corrected chi connectivity index (χ0v) is 10.9. The summed E-state index contributed by atoms with van der Waals surface area (Å²) in [7, 11) is 0. The second-order valence-corrected chi connectivity index (χ2v) is 4.20. The number of aromatic hydroxyl groups is 2. The second-order valence-electron chi connectivity index (χ2n) is 4.20. The van der Waals surface area contributed by atoms with Crippen molar-refractivity contribution in [3.63, 3.8) is 0 Å². The van der Waals surface area contributed by atoms with E-state index in [0.717, 1.165) is 0 Å². The van der Waals surface area contributed by atoms with Gasteiger partial charge in [0.25, 0.3) is 5.91 Å². The third kappa shape index (κ3) is 3.39. The number of carbonyl (C=O) groups is 1. The van der Waals surface area contributed by atoms with Crippen molar-refractivity contribution in [3.05, 3.63) is 59.7 Å². The van der Waals surface area contributed by atoms with Gasteiger partial charge in [0.15, 0.2) is 0 Å². The van der Waals surface area contributed by atoms with Gasteiger partial charge in [0.05, 0.1) is 5.69 Å². The number of nitrogens with one attached hydrogen (secondary N) is 1. The maximum Gasteiger partial charge on any atom is 0.266 e. The van der Waals surface area contributed by atoms with E-state index in [9.17, 15) is 15.0 Å². The van der Waals surface area contributed by atoms with Crippen LogP contribution in [0.4, 0.5) is 5.69 Å². The quantitative estimate of drug-likeness (QED) is 0.457. The lowest BCUT2D eigenvalue weighted by molar-refractivity contribution is -0.112. The molecule has 0 saturated heterocycles. The van der Waals surface area contributed by atoms with Crippen molar-refractivity contribution in [2.45, 2.75) is 0 Å². The van der Waals surface area contributed by atoms with E-state index in [0.29, 0.717) is 5.56 Å². The molecule has 0 aliphatic rings. The zero-order valence-electron chi connectivity index (χ0n) is 10.9. The Morgan fingerprint density at radius 1 is 1.05 bits per heavy atom. The number of rotatable bonds is 3. The van der Waals surface area contributed by atoms with Gasteiger partial charge in [-0.2, -0.15) is 5.26 Å². The van der Waals surface area contributed by atoms with Gasteiger partial charge in [-0.25, -0.2) is 0 Å². The van der Waals surface area contributed by atoms with Gasteiger partial charge in [-0.05, 0) is 24.3 Å². The summed E-state index contributed by atoms with van der Waals surface area (Å²) in [5.74, 6) is -0.784. The highest BCUT2D eigenvalue weighted by atomic mass is 16.3. The van der Waals surface area contributed by atoms with Crippen LogP contribution >= 0.6 is 0 Å². The van der Waals surface area contributed by atoms with Crippen molar-refractivity contribution in [2.75, 3.05) is 5.32 Å². The summed E-state index contributed by atoms with van der Waals surface area (Å²) in [4.78, 5) is 12.0. The number of anilines is 1. The van der Waals surface area contributed by atoms with Gasteiger partial charge in [0.1, 0.15) is 23.1 Å². The molecule has 2 rings (SSSR count). The number of hydrogen-bond donors (Lipinski definition) is 3. The number of benzene rings is 2. The number of phenols is 2. The predicted octanol–water partition coefficient (Wildman–Crippen LogP) is 2.64. The second kappa shape index (κ2) is 6.26. The van der Waals surface area contributed by atoms with Gasteiger partial charge in [-0.1, -0.05) is 30.3 Å². The number of hydrogen-bond acceptors (Lipinski definition) is 4. The van der Waals surface area contributed by atoms with Crippen LogP contribution < -0.4 is 5.32 Å². The molecule has 5 nitrogen and oxygen atoms in total. The van der Waals surface area contributed by atoms with E-state index < -0.39 is 5.91 Å². The highest BCUT2D eigenvalue weighted by Crippen LogP contribution is 2.23. The highest BCUT2D eigenvalue weighted by Gasteiger charge is 2.12. The molecule has 0 atom stereocenters. The van der Waals surface area contributed by atoms with E-state index >= 15 is 0 Å². The predicted molar refractivity (Wildman–Crippen MR) is 78.4 cm³/mol. The first kappa shape index (κ1) is 14.2. The largest absolute Gasteiger partial charge is 0.507 e. The summed E-state index contributed by atoms with van der Waals surface area (Å²) in [6.45, 7) is 0. The Kier molecular flexibility index (Phi) is 4.22. The van der Waals surface area contributed by atoms with Crippen molar-refractivity contribution >= 4 is 17.7 Å². The van der Waals surface area contributed by atoms with E-state index in [1.807, 2.05) is 0 Å². The number of nitrogens with zero attached hydrogens (tertiary/aromatic N) is 1. The summed E-state index contributed by atoms with van der Waals surface area (Å²) in [6, 6.07) is 14.3. The fraction of sp³-hybridized carbons (Fsp3) is 0. The SMILES string of the molecule is N#CC(=Cc1ccccc1O)C(=O)Nc1ccccc1O. The van der Waals surface area contributed by atoms with E-state index in [1.54, 1.807) is 36.4 Å². The van der Waals surface area contributed by atoms with Crippen LogP contribution in [0.25, 0.3) is 6.08 Å². The van der Waals surface area contributed by atoms with Gasteiger partial charge < -0.3 is 15.5 Å². The normalized spacial score (nSPS) is 10.7. The Bertz CT molecular complexity index is 745. The lowest BCUT2D eigenvalue weighted by Gasteiger charge is -2.06. The van der Waals surface area contributed by atoms with Crippen LogP contribution in [-0.2, 0) is 4.79 Å². The van der Waals surface area contributed by atoms with E-state index in [-0.39, 0.29) is 22.8 Å². The number of nitriles is 1. The Morgan fingerprint density at radius 2 is 1.67 bits per heavy atom. The molecular formula is C16H12N2O3. The molecule has 5 heteroatoms. The molecule has 0 fully saturated rings. The van der Waals surface area contributed by atoms with E-state index in [1.165, 1.54) is 24.3 Å². The molecule has 0 saturated carbocycles. The van der Waals surface area contributed by atoms with Gasteiger partial charge in [-0.15, -0.1) is 0 Å². The van der Waals surface area contributed by atoms with Crippen LogP contribution in [0.2, 0.25) is 0 Å². The van der Waals surface area contributed by atoms with Gasteiger partial charge in [-0.3, -0.25) is 4.79 Å². The molecule has 2 aromatic carbocycles. The summed E-state index contributed by atoms with van der Waals surface area (Å²) in [5.41, 5.74) is 0.391. The molecular weight excluding hydrogens is 268 g/mol. The topological polar surface area (TPSA) is 93.3 Å². The minimum atomic E-state index is -0.665. The molecule has 2 aromatic rings. The molecule has 0 heterocycles. The number of amides is 1. The Hall–Kier alpha value is -3.26. The molecule has 1 amide bonds.